The fourth-order valence-corrected chi connectivity index (χ4v) is 8.56. The summed E-state index contributed by atoms with van der Waals surface area (Å²) in [5.41, 5.74) is -3.39. The van der Waals surface area contributed by atoms with E-state index in [2.05, 4.69) is 52.1 Å². The van der Waals surface area contributed by atoms with Crippen molar-refractivity contribution in [2.24, 2.45) is 49.7 Å². The molecule has 1 saturated carbocycles. The van der Waals surface area contributed by atoms with Crippen LogP contribution in [0.4, 0.5) is 13.2 Å². The summed E-state index contributed by atoms with van der Waals surface area (Å²) in [5.74, 6) is -0.936. The van der Waals surface area contributed by atoms with Gasteiger partial charge in [0.05, 0.1) is 57.7 Å². The Labute approximate surface area is 628 Å². The van der Waals surface area contributed by atoms with Gasteiger partial charge >= 0.3 is 53.9 Å². The maximum Gasteiger partial charge on any atom is 0.425 e. The number of carbonyl (C=O) groups excluding carboxylic acids is 9. The molecule has 0 heterocycles. The van der Waals surface area contributed by atoms with Crippen LogP contribution in [0.2, 0.25) is 25.7 Å². The lowest BCUT2D eigenvalue weighted by atomic mass is 9.87. The largest absolute Gasteiger partial charge is 0.465 e. The van der Waals surface area contributed by atoms with E-state index in [9.17, 15) is 56.3 Å². The van der Waals surface area contributed by atoms with Crippen LogP contribution in [-0.2, 0) is 81.0 Å². The molecule has 1 aliphatic carbocycles. The van der Waals surface area contributed by atoms with E-state index in [1.54, 1.807) is 34.6 Å². The van der Waals surface area contributed by atoms with Gasteiger partial charge in [0, 0.05) is 8.07 Å². The first-order chi connectivity index (χ1) is 46.7. The maximum atomic E-state index is 12.0. The van der Waals surface area contributed by atoms with Gasteiger partial charge in [-0.25, -0.2) is 0 Å². The summed E-state index contributed by atoms with van der Waals surface area (Å²) in [4.78, 5) is 102. The highest BCUT2D eigenvalue weighted by Crippen LogP contribution is 2.32. The van der Waals surface area contributed by atoms with E-state index in [0.29, 0.717) is 38.6 Å². The number of esters is 8. The third-order valence-electron chi connectivity index (χ3n) is 18.9. The van der Waals surface area contributed by atoms with E-state index in [4.69, 9.17) is 33.2 Å². The molecule has 21 heteroatoms. The number of halogens is 3. The van der Waals surface area contributed by atoms with Crippen LogP contribution < -0.4 is 0 Å². The predicted octanol–water partition coefficient (Wildman–Crippen LogP) is 22.1. The minimum atomic E-state index is -4.49. The highest BCUT2D eigenvalue weighted by atomic mass is 28.3. The third kappa shape index (κ3) is 57.3. The van der Waals surface area contributed by atoms with Crippen LogP contribution in [0.5, 0.6) is 0 Å². The first-order valence-corrected chi connectivity index (χ1v) is 42.5. The quantitative estimate of drug-likeness (QED) is 0.0187. The molecule has 0 aromatic heterocycles. The van der Waals surface area contributed by atoms with Crippen molar-refractivity contribution in [3.63, 3.8) is 0 Å². The smallest absolute Gasteiger partial charge is 0.425 e. The first kappa shape index (κ1) is 109. The van der Waals surface area contributed by atoms with Crippen LogP contribution in [0.15, 0.2) is 0 Å². The third-order valence-corrected chi connectivity index (χ3v) is 20.8. The van der Waals surface area contributed by atoms with Gasteiger partial charge in [-0.3, -0.25) is 43.2 Å². The highest BCUT2D eigenvalue weighted by molar-refractivity contribution is 6.76. The Kier molecular flexibility index (Phi) is 57.4. The van der Waals surface area contributed by atoms with Crippen LogP contribution in [0.1, 0.15) is 343 Å². The molecule has 1 fully saturated rings. The molecule has 0 bridgehead atoms. The second-order valence-electron chi connectivity index (χ2n) is 34.3. The first-order valence-electron chi connectivity index (χ1n) is 38.8. The van der Waals surface area contributed by atoms with Gasteiger partial charge in [0.1, 0.15) is 37.1 Å². The van der Waals surface area contributed by atoms with E-state index >= 15 is 0 Å². The van der Waals surface area contributed by atoms with Crippen molar-refractivity contribution in [1.29, 1.82) is 0 Å². The molecule has 0 spiro atoms. The summed E-state index contributed by atoms with van der Waals surface area (Å²) in [6.07, 6.45) is 13.5. The minimum Gasteiger partial charge on any atom is -0.465 e. The Hall–Kier alpha value is -4.56. The lowest BCUT2D eigenvalue weighted by Crippen LogP contribution is -2.36. The van der Waals surface area contributed by atoms with Crippen molar-refractivity contribution in [2.75, 3.05) is 33.0 Å². The maximum absolute atomic E-state index is 12.0. The molecule has 1 aliphatic rings. The average molecular weight is 1500 g/mol. The number of rotatable bonds is 36. The zero-order valence-electron chi connectivity index (χ0n) is 72.0. The Morgan fingerprint density at radius 3 is 1.13 bits per heavy atom. The van der Waals surface area contributed by atoms with Crippen molar-refractivity contribution in [1.82, 2.24) is 0 Å². The van der Waals surface area contributed by atoms with Crippen LogP contribution in [-0.4, -0.2) is 119 Å². The predicted molar refractivity (Wildman–Crippen MR) is 414 cm³/mol. The van der Waals surface area contributed by atoms with Crippen LogP contribution in [0, 0.1) is 49.7 Å². The number of Topliss-reactive ketones (excluding diaryl/α,β-unsaturated/α-hetero) is 1. The van der Waals surface area contributed by atoms with Gasteiger partial charge in [-0.05, 0) is 233 Å². The minimum absolute atomic E-state index is 0.0162. The monoisotopic (exact) mass is 1500 g/mol. The van der Waals surface area contributed by atoms with Crippen molar-refractivity contribution in [3.8, 4) is 0 Å². The molecule has 2 unspecified atom stereocenters. The van der Waals surface area contributed by atoms with Gasteiger partial charge in [0.2, 0.25) is 0 Å². The zero-order chi connectivity index (χ0) is 82.3. The van der Waals surface area contributed by atoms with E-state index < -0.39 is 43.1 Å². The highest BCUT2D eigenvalue weighted by Gasteiger charge is 2.42. The topological polar surface area (TPSA) is 227 Å². The number of hydrogen-bond acceptors (Lipinski definition) is 17. The summed E-state index contributed by atoms with van der Waals surface area (Å²) < 4.78 is 76.7. The van der Waals surface area contributed by atoms with E-state index in [-0.39, 0.29) is 100 Å². The van der Waals surface area contributed by atoms with Crippen molar-refractivity contribution >= 4 is 61.6 Å². The van der Waals surface area contributed by atoms with Crippen LogP contribution >= 0.6 is 0 Å². The molecular formula is C82H157F3O17Si. The van der Waals surface area contributed by atoms with Gasteiger partial charge in [-0.2, -0.15) is 13.2 Å². The normalized spacial score (nSPS) is 14.8. The van der Waals surface area contributed by atoms with Gasteiger partial charge in [-0.1, -0.05) is 140 Å². The molecule has 103 heavy (non-hydrogen) atoms. The zero-order valence-corrected chi connectivity index (χ0v) is 73.0. The number of alkyl halides is 3. The summed E-state index contributed by atoms with van der Waals surface area (Å²) in [6.45, 7) is 65.1. The number of carbonyl (C=O) groups is 9. The Morgan fingerprint density at radius 1 is 0.427 bits per heavy atom. The molecule has 0 aromatic rings. The lowest BCUT2D eigenvalue weighted by Gasteiger charge is -2.29. The Balaban J connectivity index is -0.000000267. The second kappa shape index (κ2) is 54.1. The van der Waals surface area contributed by atoms with Crippen LogP contribution in [0.25, 0.3) is 0 Å². The molecule has 0 aliphatic heterocycles. The molecular weight excluding hydrogens is 1340 g/mol. The standard InChI is InChI=1S/C14H28O2.C13H24O2.C12H20O5.C12H26O2Si.C12H24O2.C10H20O2.C9H15F3O2/c1-6-9-10-12(7-2)11-16-13(15)14(4,5)8-3;1-5-13(3,4)12(14)15-11-8-6-10(2)7-9-11;1-5-12(3,4)11(15)17-7-6-16-10(14)8-9(2)13;1-7-12(2,3)11(13)14-9-8-10-15(4,5)6;1-5-7-8-9-10-14-11(13)12(3,4)6-2;1-7-10(5,6)8(11)12-9(2,3)4;1-5-8(3,4)7(13)14-6(2)9(10,11)12/h12H,6-11H2,1-5H3;10-11H,5-9H2,1-4H3;5-8H2,1-4H3;7-10H2,1-6H3;5-10H2,1-4H3;7H2,1-6H3;6H,5H2,1-4H3. The molecule has 612 valence electrons. The van der Waals surface area contributed by atoms with Crippen molar-refractivity contribution < 1.29 is 94.2 Å². The number of ether oxygens (including phenoxy) is 8. The fourth-order valence-electron chi connectivity index (χ4n) is 7.35. The molecule has 2 atom stereocenters. The van der Waals surface area contributed by atoms with Gasteiger partial charge < -0.3 is 37.9 Å². The molecule has 0 aromatic carbocycles. The van der Waals surface area contributed by atoms with Crippen LogP contribution in [0.3, 0.4) is 0 Å². The number of unbranched alkanes of at least 4 members (excludes halogenated alkanes) is 4. The van der Waals surface area contributed by atoms with Crippen molar-refractivity contribution in [2.45, 2.75) is 392 Å². The van der Waals surface area contributed by atoms with Gasteiger partial charge in [0.15, 0.2) is 6.10 Å². The summed E-state index contributed by atoms with van der Waals surface area (Å²) in [6, 6.07) is 1.23. The summed E-state index contributed by atoms with van der Waals surface area (Å²) in [7, 11) is -0.975. The van der Waals surface area contributed by atoms with E-state index in [1.807, 2.05) is 132 Å². The fraction of sp³-hybridized carbons (Fsp3) is 0.890. The molecule has 0 radical (unpaired) electrons. The average Bonchev–Trinajstić information content (AvgIpc) is 0.893. The molecule has 0 amide bonds. The van der Waals surface area contributed by atoms with E-state index in [0.717, 1.165) is 83.5 Å². The molecule has 17 nitrogen and oxygen atoms in total. The number of hydrogen-bond donors (Lipinski definition) is 0. The summed E-state index contributed by atoms with van der Waals surface area (Å²) in [5, 5.41) is 0. The second-order valence-corrected chi connectivity index (χ2v) is 39.9. The SMILES string of the molecule is CCC(C)(C)C(=O)OC(C)(C)C.CCC(C)(C)C(=O)OC(C)C(F)(F)F.CCC(C)(C)C(=O)OC1CCC(C)CC1.CCC(C)(C)C(=O)OCCC[Si](C)(C)C.CCC(C)(C)C(=O)OCCOC(=O)CC(C)=O.CCCCC(CC)COC(=O)C(C)(C)CC.CCCCCCOC(=O)C(C)(C)CC. The molecule has 0 N–H and O–H groups in total. The lowest BCUT2D eigenvalue weighted by molar-refractivity contribution is -0.221. The van der Waals surface area contributed by atoms with Gasteiger partial charge in [0.25, 0.3) is 0 Å². The summed E-state index contributed by atoms with van der Waals surface area (Å²) >= 11 is 0. The van der Waals surface area contributed by atoms with E-state index in [1.165, 1.54) is 57.9 Å². The number of ketones is 1. The molecule has 1 rings (SSSR count). The Morgan fingerprint density at radius 2 is 0.777 bits per heavy atom. The van der Waals surface area contributed by atoms with Gasteiger partial charge in [-0.15, -0.1) is 0 Å². The molecule has 0 saturated heterocycles. The Bertz CT molecular complexity index is 2350. The van der Waals surface area contributed by atoms with Crippen molar-refractivity contribution in [3.05, 3.63) is 0 Å².